The maximum absolute atomic E-state index is 14.0. The number of ether oxygens (including phenoxy) is 2. The molecule has 0 unspecified atom stereocenters. The van der Waals surface area contributed by atoms with Gasteiger partial charge < -0.3 is 18.5 Å². The van der Waals surface area contributed by atoms with Gasteiger partial charge in [-0.1, -0.05) is 26.0 Å². The van der Waals surface area contributed by atoms with E-state index in [4.69, 9.17) is 18.5 Å². The van der Waals surface area contributed by atoms with Crippen LogP contribution in [0.15, 0.2) is 88.8 Å². The number of non-ortho nitro benzene ring substituents is 1. The van der Waals surface area contributed by atoms with Gasteiger partial charge in [0.1, 0.15) is 22.6 Å². The Kier molecular flexibility index (Phi) is 7.18. The predicted octanol–water partition coefficient (Wildman–Crippen LogP) is 8.06. The number of nitrogens with zero attached hydrogens (tertiary/aromatic N) is 3. The number of rotatable bonds is 6. The molecule has 39 heavy (non-hydrogen) atoms. The monoisotopic (exact) mass is 547 g/mol. The molecule has 0 radical (unpaired) electrons. The van der Waals surface area contributed by atoms with Crippen molar-refractivity contribution in [2.45, 2.75) is 13.8 Å². The van der Waals surface area contributed by atoms with E-state index >= 15 is 0 Å². The molecule has 200 valence electrons. The number of hydrogen-bond donors (Lipinski definition) is 0. The van der Waals surface area contributed by atoms with E-state index in [1.165, 1.54) is 24.3 Å². The van der Waals surface area contributed by atoms with Crippen LogP contribution in [-0.4, -0.2) is 25.2 Å². The van der Waals surface area contributed by atoms with Crippen molar-refractivity contribution >= 4 is 36.0 Å². The van der Waals surface area contributed by atoms with Crippen molar-refractivity contribution in [3.8, 4) is 11.5 Å². The Morgan fingerprint density at radius 3 is 2.23 bits per heavy atom. The van der Waals surface area contributed by atoms with Gasteiger partial charge in [0.25, 0.3) is 5.69 Å². The normalized spacial score (nSPS) is 18.7. The van der Waals surface area contributed by atoms with Crippen molar-refractivity contribution in [1.29, 1.82) is 0 Å². The number of methoxy groups -OCH3 is 1. The molecule has 1 fully saturated rings. The Hall–Kier alpha value is -4.11. The first-order chi connectivity index (χ1) is 18.7. The Morgan fingerprint density at radius 1 is 0.949 bits per heavy atom. The summed E-state index contributed by atoms with van der Waals surface area (Å²) in [4.78, 5) is 10.4. The summed E-state index contributed by atoms with van der Waals surface area (Å²) in [6.45, 7) is 4.53. The molecule has 11 heteroatoms. The van der Waals surface area contributed by atoms with Crippen LogP contribution >= 0.6 is 7.60 Å². The molecule has 0 saturated carbocycles. The van der Waals surface area contributed by atoms with Crippen molar-refractivity contribution in [3.05, 3.63) is 99.8 Å². The van der Waals surface area contributed by atoms with Crippen molar-refractivity contribution in [2.75, 3.05) is 20.3 Å². The molecule has 0 bridgehead atoms. The van der Waals surface area contributed by atoms with Crippen LogP contribution < -0.4 is 9.47 Å². The van der Waals surface area contributed by atoms with Gasteiger partial charge >= 0.3 is 7.60 Å². The molecule has 0 aromatic heterocycles. The maximum Gasteiger partial charge on any atom is 0.365 e. The lowest BCUT2D eigenvalue weighted by atomic mass is 9.97. The zero-order valence-electron chi connectivity index (χ0n) is 21.6. The summed E-state index contributed by atoms with van der Waals surface area (Å²) in [5, 5.41) is 19.6. The molecule has 2 aliphatic heterocycles. The van der Waals surface area contributed by atoms with E-state index in [1.54, 1.807) is 55.7 Å². The first-order valence-electron chi connectivity index (χ1n) is 12.1. The molecule has 3 aromatic carbocycles. The van der Waals surface area contributed by atoms with Gasteiger partial charge in [-0.3, -0.25) is 14.7 Å². The molecule has 2 aliphatic rings. The molecule has 0 N–H and O–H groups in total. The summed E-state index contributed by atoms with van der Waals surface area (Å²) >= 11 is 0. The minimum Gasteiger partial charge on any atom is -0.497 e. The van der Waals surface area contributed by atoms with Gasteiger partial charge in [0.2, 0.25) is 0 Å². The SMILES string of the molecule is COc1ccc(/C(=C2/C=Cc3cc(N=Nc4ccc([N+](=O)[O-])cc4)ccc3O2)P2(=O)OCC(C)(C)CO2)cc1. The van der Waals surface area contributed by atoms with Crippen LogP contribution in [0.25, 0.3) is 11.4 Å². The molecule has 1 saturated heterocycles. The van der Waals surface area contributed by atoms with Crippen LogP contribution in [0.4, 0.5) is 17.1 Å². The Balaban J connectivity index is 1.46. The van der Waals surface area contributed by atoms with Crippen LogP contribution in [0.3, 0.4) is 0 Å². The number of benzene rings is 3. The fourth-order valence-electron chi connectivity index (χ4n) is 3.93. The second-order valence-corrected chi connectivity index (χ2v) is 11.7. The van der Waals surface area contributed by atoms with E-state index in [0.29, 0.717) is 39.5 Å². The van der Waals surface area contributed by atoms with Gasteiger partial charge in [0.05, 0.1) is 36.6 Å². The van der Waals surface area contributed by atoms with E-state index in [-0.39, 0.29) is 24.3 Å². The fourth-order valence-corrected chi connectivity index (χ4v) is 6.16. The lowest BCUT2D eigenvalue weighted by molar-refractivity contribution is -0.384. The van der Waals surface area contributed by atoms with Crippen LogP contribution in [0, 0.1) is 15.5 Å². The molecule has 0 amide bonds. The highest BCUT2D eigenvalue weighted by atomic mass is 31.2. The number of nitro groups is 1. The van der Waals surface area contributed by atoms with E-state index in [0.717, 1.165) is 5.56 Å². The van der Waals surface area contributed by atoms with Gasteiger partial charge in [0.15, 0.2) is 0 Å². The molecule has 0 spiro atoms. The third-order valence-corrected chi connectivity index (χ3v) is 8.05. The number of fused-ring (bicyclic) bond motifs is 1. The van der Waals surface area contributed by atoms with Crippen LogP contribution in [0.5, 0.6) is 11.5 Å². The standard InChI is InChI=1S/C28H26N3O7P/c1-28(2)17-36-39(34,37-18-28)27(19-4-12-24(35-3)13-5-19)26-14-6-20-16-22(9-15-25(20)38-26)30-29-21-7-10-23(11-8-21)31(32)33/h4-16H,17-18H2,1-3H3/b27-26+,30-29?. The highest BCUT2D eigenvalue weighted by molar-refractivity contribution is 7.65. The lowest BCUT2D eigenvalue weighted by Crippen LogP contribution is -2.29. The van der Waals surface area contributed by atoms with Crippen molar-refractivity contribution in [1.82, 2.24) is 0 Å². The summed E-state index contributed by atoms with van der Waals surface area (Å²) in [6, 6.07) is 18.2. The van der Waals surface area contributed by atoms with Crippen molar-refractivity contribution < 1.29 is 28.0 Å². The summed E-state index contributed by atoms with van der Waals surface area (Å²) in [5.74, 6) is 1.56. The molecule has 2 heterocycles. The first-order valence-corrected chi connectivity index (χ1v) is 13.6. The summed E-state index contributed by atoms with van der Waals surface area (Å²) in [5.41, 5.74) is 2.15. The van der Waals surface area contributed by atoms with Gasteiger partial charge in [-0.05, 0) is 60.2 Å². The van der Waals surface area contributed by atoms with Gasteiger partial charge in [-0.2, -0.15) is 10.2 Å². The van der Waals surface area contributed by atoms with Crippen LogP contribution in [0.2, 0.25) is 0 Å². The summed E-state index contributed by atoms with van der Waals surface area (Å²) in [7, 11) is -2.13. The molecular formula is C28H26N3O7P. The molecule has 0 aliphatic carbocycles. The molecular weight excluding hydrogens is 521 g/mol. The van der Waals surface area contributed by atoms with E-state index < -0.39 is 12.5 Å². The topological polar surface area (TPSA) is 122 Å². The van der Waals surface area contributed by atoms with E-state index in [1.807, 2.05) is 19.9 Å². The smallest absolute Gasteiger partial charge is 0.365 e. The highest BCUT2D eigenvalue weighted by Gasteiger charge is 2.42. The van der Waals surface area contributed by atoms with Gasteiger partial charge in [0, 0.05) is 23.1 Å². The molecule has 0 atom stereocenters. The third-order valence-electron chi connectivity index (χ3n) is 6.09. The lowest BCUT2D eigenvalue weighted by Gasteiger charge is -2.35. The number of allylic oxidation sites excluding steroid dienone is 1. The average molecular weight is 548 g/mol. The van der Waals surface area contributed by atoms with Crippen LogP contribution in [-0.2, 0) is 13.6 Å². The zero-order valence-corrected chi connectivity index (χ0v) is 22.5. The Morgan fingerprint density at radius 2 is 1.59 bits per heavy atom. The summed E-state index contributed by atoms with van der Waals surface area (Å²) in [6.07, 6.45) is 3.56. The number of azo groups is 1. The van der Waals surface area contributed by atoms with Crippen LogP contribution in [0.1, 0.15) is 25.0 Å². The molecule has 3 aromatic rings. The van der Waals surface area contributed by atoms with Crippen molar-refractivity contribution in [2.24, 2.45) is 15.6 Å². The second kappa shape index (κ2) is 10.6. The van der Waals surface area contributed by atoms with Gasteiger partial charge in [-0.25, -0.2) is 0 Å². The quantitative estimate of drug-likeness (QED) is 0.132. The van der Waals surface area contributed by atoms with E-state index in [2.05, 4.69) is 10.2 Å². The largest absolute Gasteiger partial charge is 0.497 e. The Labute approximate surface area is 225 Å². The minimum atomic E-state index is -3.71. The number of hydrogen-bond acceptors (Lipinski definition) is 9. The zero-order chi connectivity index (χ0) is 27.6. The van der Waals surface area contributed by atoms with E-state index in [9.17, 15) is 14.7 Å². The maximum atomic E-state index is 14.0. The average Bonchev–Trinajstić information content (AvgIpc) is 2.94. The highest BCUT2D eigenvalue weighted by Crippen LogP contribution is 2.65. The molecule has 10 nitrogen and oxygen atoms in total. The molecule has 5 rings (SSSR count). The number of nitro benzene ring substituents is 1. The predicted molar refractivity (Wildman–Crippen MR) is 147 cm³/mol. The minimum absolute atomic E-state index is 0.0158. The third kappa shape index (κ3) is 5.83. The van der Waals surface area contributed by atoms with Crippen molar-refractivity contribution in [3.63, 3.8) is 0 Å². The summed E-state index contributed by atoms with van der Waals surface area (Å²) < 4.78 is 37.3. The second-order valence-electron chi connectivity index (χ2n) is 9.78. The Bertz CT molecular complexity index is 1530. The van der Waals surface area contributed by atoms with Gasteiger partial charge in [-0.15, -0.1) is 0 Å². The first kappa shape index (κ1) is 26.5. The fraction of sp³-hybridized carbons (Fsp3) is 0.214.